The van der Waals surface area contributed by atoms with Gasteiger partial charge in [-0.15, -0.1) is 0 Å². The summed E-state index contributed by atoms with van der Waals surface area (Å²) in [5, 5.41) is 10.1. The maximum Gasteiger partial charge on any atom is 0.417 e. The number of amides is 2. The molecule has 2 N–H and O–H groups in total. The van der Waals surface area contributed by atoms with E-state index in [-0.39, 0.29) is 11.5 Å². The van der Waals surface area contributed by atoms with Crippen LogP contribution in [0.3, 0.4) is 0 Å². The fraction of sp³-hybridized carbons (Fsp3) is 0.429. The van der Waals surface area contributed by atoms with Crippen LogP contribution in [0, 0.1) is 5.41 Å². The van der Waals surface area contributed by atoms with E-state index >= 15 is 0 Å². The SMILES string of the molecule is CN(C(=O)Nc1cc(C(F)(F)F)cn(C)c1=O)C1CC2(C1)CN(c1cnc3[nH]ncc3c1)C2. The van der Waals surface area contributed by atoms with Crippen molar-refractivity contribution in [2.45, 2.75) is 25.1 Å². The molecule has 174 valence electrons. The van der Waals surface area contributed by atoms with Gasteiger partial charge >= 0.3 is 12.2 Å². The van der Waals surface area contributed by atoms with Gasteiger partial charge in [-0.1, -0.05) is 0 Å². The van der Waals surface area contributed by atoms with Gasteiger partial charge in [-0.2, -0.15) is 18.3 Å². The number of hydrogen-bond acceptors (Lipinski definition) is 5. The number of nitrogens with one attached hydrogen (secondary N) is 2. The van der Waals surface area contributed by atoms with Gasteiger partial charge in [-0.05, 0) is 25.0 Å². The Balaban J connectivity index is 1.19. The van der Waals surface area contributed by atoms with Gasteiger partial charge in [0.25, 0.3) is 5.56 Å². The van der Waals surface area contributed by atoms with Gasteiger partial charge < -0.3 is 19.7 Å². The number of pyridine rings is 2. The van der Waals surface area contributed by atoms with Crippen molar-refractivity contribution >= 4 is 28.4 Å². The van der Waals surface area contributed by atoms with Crippen LogP contribution in [0.15, 0.2) is 35.5 Å². The van der Waals surface area contributed by atoms with Gasteiger partial charge in [-0.3, -0.25) is 9.89 Å². The third kappa shape index (κ3) is 3.68. The number of fused-ring (bicyclic) bond motifs is 1. The Morgan fingerprint density at radius 2 is 2.00 bits per heavy atom. The predicted octanol–water partition coefficient (Wildman–Crippen LogP) is 2.81. The van der Waals surface area contributed by atoms with Crippen molar-refractivity contribution in [1.29, 1.82) is 0 Å². The average molecular weight is 461 g/mol. The first-order valence-electron chi connectivity index (χ1n) is 10.4. The highest BCUT2D eigenvalue weighted by atomic mass is 19.4. The summed E-state index contributed by atoms with van der Waals surface area (Å²) in [7, 11) is 2.81. The third-order valence-corrected chi connectivity index (χ3v) is 6.65. The molecule has 1 aliphatic carbocycles. The van der Waals surface area contributed by atoms with Crippen LogP contribution < -0.4 is 15.8 Å². The van der Waals surface area contributed by atoms with Crippen LogP contribution in [-0.4, -0.2) is 56.9 Å². The lowest BCUT2D eigenvalue weighted by Crippen LogP contribution is -2.67. The van der Waals surface area contributed by atoms with Gasteiger partial charge in [0.1, 0.15) is 5.69 Å². The third-order valence-electron chi connectivity index (χ3n) is 6.65. The zero-order chi connectivity index (χ0) is 23.5. The molecule has 0 unspecified atom stereocenters. The highest BCUT2D eigenvalue weighted by molar-refractivity contribution is 5.89. The number of rotatable bonds is 3. The molecular weight excluding hydrogens is 439 g/mol. The summed E-state index contributed by atoms with van der Waals surface area (Å²) in [6, 6.07) is 2.06. The minimum Gasteiger partial charge on any atom is -0.369 e. The van der Waals surface area contributed by atoms with Gasteiger partial charge in [0, 0.05) is 50.2 Å². The molecule has 2 aliphatic rings. The summed E-state index contributed by atoms with van der Waals surface area (Å²) >= 11 is 0. The first kappa shape index (κ1) is 21.3. The van der Waals surface area contributed by atoms with Crippen LogP contribution in [-0.2, 0) is 13.2 Å². The minimum atomic E-state index is -4.62. The smallest absolute Gasteiger partial charge is 0.369 e. The largest absolute Gasteiger partial charge is 0.417 e. The number of hydrogen-bond donors (Lipinski definition) is 2. The number of carbonyl (C=O) groups is 1. The summed E-state index contributed by atoms with van der Waals surface area (Å²) in [4.78, 5) is 32.9. The molecule has 5 rings (SSSR count). The van der Waals surface area contributed by atoms with Crippen molar-refractivity contribution in [2.75, 3.05) is 30.4 Å². The molecule has 0 radical (unpaired) electrons. The molecule has 2 fully saturated rings. The van der Waals surface area contributed by atoms with E-state index in [9.17, 15) is 22.8 Å². The number of carbonyl (C=O) groups excluding carboxylic acids is 1. The van der Waals surface area contributed by atoms with Crippen molar-refractivity contribution in [3.8, 4) is 0 Å². The Hall–Kier alpha value is -3.57. The molecular formula is C21H22F3N7O2. The fourth-order valence-electron chi connectivity index (χ4n) is 4.74. The van der Waals surface area contributed by atoms with E-state index in [1.165, 1.54) is 11.9 Å². The zero-order valence-electron chi connectivity index (χ0n) is 18.0. The van der Waals surface area contributed by atoms with E-state index in [0.717, 1.165) is 47.2 Å². The Morgan fingerprint density at radius 1 is 1.27 bits per heavy atom. The van der Waals surface area contributed by atoms with Gasteiger partial charge in [0.2, 0.25) is 0 Å². The Morgan fingerprint density at radius 3 is 2.70 bits per heavy atom. The first-order chi connectivity index (χ1) is 15.5. The summed E-state index contributed by atoms with van der Waals surface area (Å²) < 4.78 is 40.0. The van der Waals surface area contributed by atoms with Gasteiger partial charge in [0.05, 0.1) is 23.6 Å². The number of H-pyrrole nitrogens is 1. The van der Waals surface area contributed by atoms with Crippen molar-refractivity contribution in [3.05, 3.63) is 46.6 Å². The lowest BCUT2D eigenvalue weighted by molar-refractivity contribution is -0.138. The number of urea groups is 1. The molecule has 2 amide bonds. The normalized spacial score (nSPS) is 17.7. The van der Waals surface area contributed by atoms with E-state index in [1.807, 2.05) is 6.07 Å². The van der Waals surface area contributed by atoms with Crippen LogP contribution in [0.1, 0.15) is 18.4 Å². The summed E-state index contributed by atoms with van der Waals surface area (Å²) in [6.07, 6.45) is 1.19. The Kier molecular flexibility index (Phi) is 4.66. The fourth-order valence-corrected chi connectivity index (χ4v) is 4.74. The van der Waals surface area contributed by atoms with Gasteiger partial charge in [0.15, 0.2) is 5.65 Å². The van der Waals surface area contributed by atoms with E-state index in [0.29, 0.717) is 12.3 Å². The number of anilines is 2. The number of alkyl halides is 3. The van der Waals surface area contributed by atoms with Crippen molar-refractivity contribution in [1.82, 2.24) is 24.6 Å². The number of aromatic nitrogens is 4. The quantitative estimate of drug-likeness (QED) is 0.625. The highest BCUT2D eigenvalue weighted by Gasteiger charge is 2.54. The second-order valence-electron chi connectivity index (χ2n) is 9.02. The van der Waals surface area contributed by atoms with E-state index in [4.69, 9.17) is 0 Å². The molecule has 0 atom stereocenters. The van der Waals surface area contributed by atoms with Crippen molar-refractivity contribution in [2.24, 2.45) is 12.5 Å². The van der Waals surface area contributed by atoms with Crippen LogP contribution in [0.4, 0.5) is 29.3 Å². The molecule has 3 aromatic heterocycles. The number of aromatic amines is 1. The maximum absolute atomic E-state index is 13.1. The molecule has 1 saturated carbocycles. The predicted molar refractivity (Wildman–Crippen MR) is 115 cm³/mol. The van der Waals surface area contributed by atoms with Gasteiger partial charge in [-0.25, -0.2) is 9.78 Å². The average Bonchev–Trinajstić information content (AvgIpc) is 3.16. The van der Waals surface area contributed by atoms with E-state index in [1.54, 1.807) is 19.4 Å². The van der Waals surface area contributed by atoms with Crippen LogP contribution in [0.5, 0.6) is 0 Å². The molecule has 9 nitrogen and oxygen atoms in total. The van der Waals surface area contributed by atoms with Crippen LogP contribution in [0.2, 0.25) is 0 Å². The topological polar surface area (TPSA) is 99.1 Å². The molecule has 1 saturated heterocycles. The van der Waals surface area contributed by atoms with Crippen molar-refractivity contribution in [3.63, 3.8) is 0 Å². The molecule has 12 heteroatoms. The molecule has 3 aromatic rings. The lowest BCUT2D eigenvalue weighted by Gasteiger charge is -2.61. The minimum absolute atomic E-state index is 0.0451. The Bertz CT molecular complexity index is 1280. The van der Waals surface area contributed by atoms with Crippen molar-refractivity contribution < 1.29 is 18.0 Å². The number of nitrogens with zero attached hydrogens (tertiary/aromatic N) is 5. The maximum atomic E-state index is 13.1. The standard InChI is InChI=1S/C21H22F3N7O2/c1-29-9-13(21(22,23)24)4-16(18(29)32)27-19(33)30(2)15-5-20(6-15)10-31(11-20)14-3-12-7-26-28-17(12)25-8-14/h3-4,7-9,15H,5-6,10-11H2,1-2H3,(H,27,33)(H,25,26,28). The lowest BCUT2D eigenvalue weighted by atomic mass is 9.60. The molecule has 1 aliphatic heterocycles. The van der Waals surface area contributed by atoms with Crippen LogP contribution >= 0.6 is 0 Å². The van der Waals surface area contributed by atoms with E-state index in [2.05, 4.69) is 25.4 Å². The molecule has 1 spiro atoms. The Labute approximate surface area is 186 Å². The first-order valence-corrected chi connectivity index (χ1v) is 10.4. The molecule has 4 heterocycles. The highest BCUT2D eigenvalue weighted by Crippen LogP contribution is 2.51. The summed E-state index contributed by atoms with van der Waals surface area (Å²) in [5.74, 6) is 0. The van der Waals surface area contributed by atoms with E-state index < -0.39 is 29.0 Å². The second kappa shape index (κ2) is 7.22. The zero-order valence-corrected chi connectivity index (χ0v) is 18.0. The number of halogens is 3. The van der Waals surface area contributed by atoms with Crippen LogP contribution in [0.25, 0.3) is 11.0 Å². The second-order valence-corrected chi connectivity index (χ2v) is 9.02. The monoisotopic (exact) mass is 461 g/mol. The number of aryl methyl sites for hydroxylation is 1. The molecule has 0 aromatic carbocycles. The summed E-state index contributed by atoms with van der Waals surface area (Å²) in [5.41, 5.74) is -0.229. The summed E-state index contributed by atoms with van der Waals surface area (Å²) in [6.45, 7) is 1.69. The molecule has 0 bridgehead atoms. The molecule has 33 heavy (non-hydrogen) atoms.